The molecular formula is C15H24N2O2. The van der Waals surface area contributed by atoms with E-state index in [0.717, 1.165) is 12.8 Å². The molecule has 4 nitrogen and oxygen atoms in total. The van der Waals surface area contributed by atoms with Crippen LogP contribution in [0.4, 0.5) is 0 Å². The van der Waals surface area contributed by atoms with E-state index in [-0.39, 0.29) is 12.3 Å². The molecular weight excluding hydrogens is 240 g/mol. The molecule has 0 saturated heterocycles. The van der Waals surface area contributed by atoms with Crippen molar-refractivity contribution in [1.82, 2.24) is 0 Å². The maximum atomic E-state index is 11.5. The van der Waals surface area contributed by atoms with Gasteiger partial charge in [0.1, 0.15) is 0 Å². The van der Waals surface area contributed by atoms with Crippen molar-refractivity contribution in [3.63, 3.8) is 0 Å². The first-order chi connectivity index (χ1) is 8.92. The first-order valence-electron chi connectivity index (χ1n) is 6.63. The zero-order valence-corrected chi connectivity index (χ0v) is 12.4. The van der Waals surface area contributed by atoms with Crippen LogP contribution in [0.5, 0.6) is 0 Å². The van der Waals surface area contributed by atoms with Gasteiger partial charge in [-0.1, -0.05) is 25.2 Å². The minimum absolute atomic E-state index is 0.0732. The summed E-state index contributed by atoms with van der Waals surface area (Å²) in [4.78, 5) is 14.5. The van der Waals surface area contributed by atoms with Gasteiger partial charge in [-0.15, -0.1) is 0 Å². The van der Waals surface area contributed by atoms with Crippen molar-refractivity contribution >= 4 is 11.7 Å². The number of hydrogen-bond donors (Lipinski definition) is 0. The average molecular weight is 264 g/mol. The van der Waals surface area contributed by atoms with Gasteiger partial charge in [-0.25, -0.2) is 4.79 Å². The Hall–Kier alpha value is -1.67. The fraction of sp³-hybridized carbons (Fsp3) is 0.600. The molecule has 106 valence electrons. The summed E-state index contributed by atoms with van der Waals surface area (Å²) in [5, 5.41) is 0. The van der Waals surface area contributed by atoms with Crippen LogP contribution in [0, 0.1) is 5.92 Å². The van der Waals surface area contributed by atoms with E-state index in [4.69, 9.17) is 10.3 Å². The van der Waals surface area contributed by atoms with Crippen LogP contribution in [-0.2, 0) is 9.53 Å². The van der Waals surface area contributed by atoms with Crippen molar-refractivity contribution in [3.8, 4) is 0 Å². The van der Waals surface area contributed by atoms with Crippen molar-refractivity contribution in [2.45, 2.75) is 47.0 Å². The number of rotatable bonds is 8. The fourth-order valence-electron chi connectivity index (χ4n) is 1.73. The minimum Gasteiger partial charge on any atom is -0.457 e. The Morgan fingerprint density at radius 1 is 1.47 bits per heavy atom. The van der Waals surface area contributed by atoms with Gasteiger partial charge in [-0.05, 0) is 46.0 Å². The Balaban J connectivity index is 4.38. The molecule has 0 amide bonds. The molecule has 1 atom stereocenters. The molecule has 0 aliphatic heterocycles. The van der Waals surface area contributed by atoms with E-state index >= 15 is 0 Å². The second-order valence-corrected chi connectivity index (χ2v) is 4.94. The molecule has 0 rings (SSSR count). The van der Waals surface area contributed by atoms with Gasteiger partial charge in [-0.3, -0.25) is 0 Å². The highest BCUT2D eigenvalue weighted by molar-refractivity contribution is 6.40. The van der Waals surface area contributed by atoms with Gasteiger partial charge >= 0.3 is 11.7 Å². The molecule has 0 spiro atoms. The van der Waals surface area contributed by atoms with Crippen LogP contribution in [0.3, 0.4) is 0 Å². The largest absolute Gasteiger partial charge is 0.457 e. The third-order valence-corrected chi connectivity index (χ3v) is 2.71. The van der Waals surface area contributed by atoms with Crippen molar-refractivity contribution in [2.75, 3.05) is 6.61 Å². The van der Waals surface area contributed by atoms with E-state index in [2.05, 4.69) is 38.2 Å². The lowest BCUT2D eigenvalue weighted by molar-refractivity contribution is -0.139. The maximum Gasteiger partial charge on any atom is 0.421 e. The zero-order chi connectivity index (χ0) is 14.8. The van der Waals surface area contributed by atoms with Gasteiger partial charge in [0.15, 0.2) is 0 Å². The van der Waals surface area contributed by atoms with Gasteiger partial charge in [0.05, 0.1) is 6.61 Å². The molecule has 0 aliphatic rings. The second kappa shape index (κ2) is 9.29. The highest BCUT2D eigenvalue weighted by atomic mass is 16.5. The Morgan fingerprint density at radius 2 is 2.11 bits per heavy atom. The van der Waals surface area contributed by atoms with Gasteiger partial charge in [0.2, 0.25) is 0 Å². The number of hydrogen-bond acceptors (Lipinski definition) is 2. The van der Waals surface area contributed by atoms with E-state index in [0.29, 0.717) is 17.9 Å². The van der Waals surface area contributed by atoms with Crippen molar-refractivity contribution in [2.24, 2.45) is 5.92 Å². The van der Waals surface area contributed by atoms with Gasteiger partial charge < -0.3 is 10.3 Å². The summed E-state index contributed by atoms with van der Waals surface area (Å²) in [6, 6.07) is 0. The molecule has 4 heteroatoms. The predicted molar refractivity (Wildman–Crippen MR) is 76.8 cm³/mol. The van der Waals surface area contributed by atoms with Crippen molar-refractivity contribution in [3.05, 3.63) is 29.3 Å². The Kier molecular flexibility index (Phi) is 8.47. The number of nitrogens with zero attached hydrogens (tertiary/aromatic N) is 2. The van der Waals surface area contributed by atoms with E-state index in [1.54, 1.807) is 6.92 Å². The second-order valence-electron chi connectivity index (χ2n) is 4.94. The molecule has 0 saturated carbocycles. The summed E-state index contributed by atoms with van der Waals surface area (Å²) in [6.07, 6.45) is 4.81. The first kappa shape index (κ1) is 17.3. The van der Waals surface area contributed by atoms with E-state index in [1.165, 1.54) is 5.57 Å². The molecule has 0 bridgehead atoms. The molecule has 0 fully saturated rings. The molecule has 0 aliphatic carbocycles. The monoisotopic (exact) mass is 264 g/mol. The molecule has 0 N–H and O–H groups in total. The van der Waals surface area contributed by atoms with E-state index < -0.39 is 5.97 Å². The number of esters is 1. The molecule has 0 heterocycles. The standard InChI is InChI=1S/C15H24N2O2/c1-6-19-15(18)14(17-16)13(5)10-12(4)9-7-8-11(2)3/h8,12H,5-7,9-10H2,1-4H3/t12-/m0/s1. The summed E-state index contributed by atoms with van der Waals surface area (Å²) in [5.74, 6) is -0.249. The van der Waals surface area contributed by atoms with Crippen LogP contribution < -0.4 is 0 Å². The van der Waals surface area contributed by atoms with Crippen LogP contribution in [0.15, 0.2) is 23.8 Å². The number of carbonyl (C=O) groups is 1. The van der Waals surface area contributed by atoms with Crippen LogP contribution in [0.2, 0.25) is 0 Å². The number of ether oxygens (including phenoxy) is 1. The summed E-state index contributed by atoms with van der Waals surface area (Å²) in [7, 11) is 0. The summed E-state index contributed by atoms with van der Waals surface area (Å²) in [5.41, 5.74) is 10.6. The summed E-state index contributed by atoms with van der Waals surface area (Å²) in [6.45, 7) is 12.0. The molecule has 0 radical (unpaired) electrons. The van der Waals surface area contributed by atoms with E-state index in [1.807, 2.05) is 0 Å². The van der Waals surface area contributed by atoms with Crippen molar-refractivity contribution < 1.29 is 14.3 Å². The van der Waals surface area contributed by atoms with Gasteiger partial charge in [0.25, 0.3) is 0 Å². The topological polar surface area (TPSA) is 62.7 Å². The Bertz CT molecular complexity index is 400. The highest BCUT2D eigenvalue weighted by Crippen LogP contribution is 2.17. The minimum atomic E-state index is -0.619. The average Bonchev–Trinajstić information content (AvgIpc) is 2.29. The van der Waals surface area contributed by atoms with Crippen LogP contribution in [-0.4, -0.2) is 23.1 Å². The van der Waals surface area contributed by atoms with Crippen LogP contribution in [0.25, 0.3) is 5.53 Å². The van der Waals surface area contributed by atoms with Gasteiger partial charge in [-0.2, -0.15) is 4.79 Å². The third kappa shape index (κ3) is 7.37. The quantitative estimate of drug-likeness (QED) is 0.221. The molecule has 0 aromatic rings. The Morgan fingerprint density at radius 3 is 2.58 bits per heavy atom. The summed E-state index contributed by atoms with van der Waals surface area (Å²) < 4.78 is 4.81. The van der Waals surface area contributed by atoms with Crippen molar-refractivity contribution in [1.29, 1.82) is 0 Å². The smallest absolute Gasteiger partial charge is 0.421 e. The molecule has 19 heavy (non-hydrogen) atoms. The number of allylic oxidation sites excluding steroid dienone is 2. The zero-order valence-electron chi connectivity index (χ0n) is 12.4. The molecule has 0 aromatic carbocycles. The van der Waals surface area contributed by atoms with Crippen LogP contribution >= 0.6 is 0 Å². The normalized spacial score (nSPS) is 11.2. The third-order valence-electron chi connectivity index (χ3n) is 2.71. The lowest BCUT2D eigenvalue weighted by Gasteiger charge is -2.09. The number of carbonyl (C=O) groups excluding carboxylic acids is 1. The SMILES string of the molecule is C=C(C[C@@H](C)CCC=C(C)C)C(=[N+]=[N-])C(=O)OCC. The van der Waals surface area contributed by atoms with Crippen LogP contribution in [0.1, 0.15) is 47.0 Å². The first-order valence-corrected chi connectivity index (χ1v) is 6.63. The maximum absolute atomic E-state index is 11.5. The fourth-order valence-corrected chi connectivity index (χ4v) is 1.73. The lowest BCUT2D eigenvalue weighted by atomic mass is 9.94. The van der Waals surface area contributed by atoms with E-state index in [9.17, 15) is 4.79 Å². The summed E-state index contributed by atoms with van der Waals surface area (Å²) >= 11 is 0. The highest BCUT2D eigenvalue weighted by Gasteiger charge is 2.26. The molecule has 0 unspecified atom stereocenters. The lowest BCUT2D eigenvalue weighted by Crippen LogP contribution is -2.21. The van der Waals surface area contributed by atoms with Gasteiger partial charge in [0, 0.05) is 5.57 Å². The molecule has 0 aromatic heterocycles. The predicted octanol–water partition coefficient (Wildman–Crippen LogP) is 3.55. The Labute approximate surface area is 115 Å².